The van der Waals surface area contributed by atoms with Crippen LogP contribution in [0, 0.1) is 6.92 Å². The molecule has 4 rings (SSSR count). The van der Waals surface area contributed by atoms with E-state index in [1.54, 1.807) is 19.1 Å². The highest BCUT2D eigenvalue weighted by molar-refractivity contribution is 6.31. The third-order valence-electron chi connectivity index (χ3n) is 5.67. The topological polar surface area (TPSA) is 104 Å². The van der Waals surface area contributed by atoms with Gasteiger partial charge >= 0.3 is 6.09 Å². The van der Waals surface area contributed by atoms with Crippen LogP contribution in [-0.2, 0) is 22.4 Å². The lowest BCUT2D eigenvalue weighted by Gasteiger charge is -2.15. The average molecular weight is 445 g/mol. The number of aliphatic hydroxyl groups excluding tert-OH is 1. The molecular weight excluding hydrogens is 420 g/mol. The van der Waals surface area contributed by atoms with E-state index in [9.17, 15) is 9.59 Å². The van der Waals surface area contributed by atoms with E-state index < -0.39 is 18.6 Å². The summed E-state index contributed by atoms with van der Waals surface area (Å²) < 4.78 is 5.50. The molecule has 3 N–H and O–H groups in total. The van der Waals surface area contributed by atoms with Crippen LogP contribution >= 0.6 is 11.6 Å². The van der Waals surface area contributed by atoms with Gasteiger partial charge in [-0.15, -0.1) is 0 Å². The number of hydrogen-bond acceptors (Lipinski definition) is 6. The molecular formula is C22H25ClN4O4. The molecule has 2 aliphatic rings. The van der Waals surface area contributed by atoms with E-state index in [0.29, 0.717) is 30.6 Å². The van der Waals surface area contributed by atoms with Crippen LogP contribution in [0.5, 0.6) is 0 Å². The number of carbonyl (C=O) groups excluding carboxylic acids is 2. The first-order chi connectivity index (χ1) is 14.9. The fourth-order valence-electron chi connectivity index (χ4n) is 4.03. The van der Waals surface area contributed by atoms with Gasteiger partial charge in [0.2, 0.25) is 0 Å². The van der Waals surface area contributed by atoms with Gasteiger partial charge in [0.25, 0.3) is 5.91 Å². The number of ether oxygens (including phenoxy) is 1. The van der Waals surface area contributed by atoms with Crippen LogP contribution in [-0.4, -0.2) is 53.9 Å². The lowest BCUT2D eigenvalue weighted by Crippen LogP contribution is -2.33. The third kappa shape index (κ3) is 4.81. The van der Waals surface area contributed by atoms with Crippen LogP contribution < -0.4 is 15.5 Å². The van der Waals surface area contributed by atoms with Crippen LogP contribution in [0.2, 0.25) is 5.02 Å². The summed E-state index contributed by atoms with van der Waals surface area (Å²) in [6, 6.07) is 9.83. The van der Waals surface area contributed by atoms with Crippen LogP contribution in [0.1, 0.15) is 23.1 Å². The van der Waals surface area contributed by atoms with E-state index >= 15 is 0 Å². The number of pyridine rings is 1. The Morgan fingerprint density at radius 3 is 2.94 bits per heavy atom. The predicted octanol–water partition coefficient (Wildman–Crippen LogP) is 2.45. The molecule has 0 bridgehead atoms. The number of nitrogens with one attached hydrogen (secondary N) is 2. The van der Waals surface area contributed by atoms with Crippen molar-refractivity contribution in [1.82, 2.24) is 10.3 Å². The van der Waals surface area contributed by atoms with E-state index in [2.05, 4.69) is 21.7 Å². The molecule has 2 heterocycles. The third-order valence-corrected chi connectivity index (χ3v) is 6.02. The van der Waals surface area contributed by atoms with Gasteiger partial charge in [0.15, 0.2) is 0 Å². The molecule has 0 radical (unpaired) electrons. The summed E-state index contributed by atoms with van der Waals surface area (Å²) in [5.41, 5.74) is 3.24. The fraction of sp³-hybridized carbons (Fsp3) is 0.409. The van der Waals surface area contributed by atoms with E-state index in [1.807, 2.05) is 12.1 Å². The van der Waals surface area contributed by atoms with Gasteiger partial charge in [-0.3, -0.25) is 9.69 Å². The number of benzene rings is 1. The Labute approximate surface area is 185 Å². The minimum atomic E-state index is -0.634. The first-order valence-corrected chi connectivity index (χ1v) is 10.7. The molecule has 1 aliphatic carbocycles. The van der Waals surface area contributed by atoms with Gasteiger partial charge in [0.05, 0.1) is 6.54 Å². The smallest absolute Gasteiger partial charge is 0.415 e. The molecule has 1 fully saturated rings. The number of aliphatic hydroxyl groups is 1. The number of cyclic esters (lactones) is 1. The van der Waals surface area contributed by atoms with Crippen molar-refractivity contribution in [2.75, 3.05) is 29.9 Å². The number of rotatable bonds is 7. The molecule has 1 aromatic heterocycles. The maximum absolute atomic E-state index is 12.4. The standard InChI is InChI=1S/C22H25ClN4O4/c1-13-5-6-19(25-21(13)26-20(29)12-28)27-11-16(31-22(27)30)7-8-24-15-9-14-3-2-4-18(23)17(14)10-15/h2-6,15-16,24,28H,7-12H2,1H3,(H,25,26,29). The Morgan fingerprint density at radius 1 is 1.32 bits per heavy atom. The van der Waals surface area contributed by atoms with Crippen molar-refractivity contribution in [2.45, 2.75) is 38.3 Å². The van der Waals surface area contributed by atoms with Crippen molar-refractivity contribution in [3.8, 4) is 0 Å². The molecule has 164 valence electrons. The molecule has 0 saturated carbocycles. The zero-order chi connectivity index (χ0) is 22.0. The number of aromatic nitrogens is 1. The van der Waals surface area contributed by atoms with Crippen molar-refractivity contribution < 1.29 is 19.4 Å². The van der Waals surface area contributed by atoms with Crippen LogP contribution in [0.4, 0.5) is 16.4 Å². The number of amides is 2. The highest BCUT2D eigenvalue weighted by Crippen LogP contribution is 2.29. The summed E-state index contributed by atoms with van der Waals surface area (Å²) in [7, 11) is 0. The van der Waals surface area contributed by atoms with Gasteiger partial charge in [-0.25, -0.2) is 9.78 Å². The van der Waals surface area contributed by atoms with Crippen molar-refractivity contribution in [3.05, 3.63) is 52.0 Å². The van der Waals surface area contributed by atoms with E-state index in [4.69, 9.17) is 21.4 Å². The first-order valence-electron chi connectivity index (χ1n) is 10.3. The largest absolute Gasteiger partial charge is 0.444 e. The van der Waals surface area contributed by atoms with E-state index in [1.165, 1.54) is 16.0 Å². The molecule has 0 spiro atoms. The molecule has 31 heavy (non-hydrogen) atoms. The Bertz CT molecular complexity index is 999. The maximum Gasteiger partial charge on any atom is 0.415 e. The highest BCUT2D eigenvalue weighted by atomic mass is 35.5. The summed E-state index contributed by atoms with van der Waals surface area (Å²) in [6.45, 7) is 2.27. The predicted molar refractivity (Wildman–Crippen MR) is 118 cm³/mol. The Balaban J connectivity index is 1.30. The SMILES string of the molecule is Cc1ccc(N2CC(CCNC3Cc4cccc(Cl)c4C3)OC2=O)nc1NC(=O)CO. The second-order valence-corrected chi connectivity index (χ2v) is 8.29. The monoisotopic (exact) mass is 444 g/mol. The van der Waals surface area contributed by atoms with E-state index in [0.717, 1.165) is 30.0 Å². The zero-order valence-electron chi connectivity index (χ0n) is 17.2. The van der Waals surface area contributed by atoms with Gasteiger partial charge < -0.3 is 20.5 Å². The van der Waals surface area contributed by atoms with Gasteiger partial charge in [-0.1, -0.05) is 29.8 Å². The van der Waals surface area contributed by atoms with Gasteiger partial charge in [0, 0.05) is 11.1 Å². The molecule has 2 unspecified atom stereocenters. The number of hydrogen-bond donors (Lipinski definition) is 3. The quantitative estimate of drug-likeness (QED) is 0.606. The lowest BCUT2D eigenvalue weighted by atomic mass is 10.1. The van der Waals surface area contributed by atoms with Crippen molar-refractivity contribution in [2.24, 2.45) is 0 Å². The minimum Gasteiger partial charge on any atom is -0.444 e. The van der Waals surface area contributed by atoms with Crippen LogP contribution in [0.3, 0.4) is 0 Å². The molecule has 1 aliphatic heterocycles. The zero-order valence-corrected chi connectivity index (χ0v) is 18.0. The van der Waals surface area contributed by atoms with Crippen molar-refractivity contribution in [1.29, 1.82) is 0 Å². The molecule has 9 heteroatoms. The second-order valence-electron chi connectivity index (χ2n) is 7.88. The number of anilines is 2. The molecule has 2 amide bonds. The number of fused-ring (bicyclic) bond motifs is 1. The molecule has 1 aromatic carbocycles. The number of nitrogens with zero attached hydrogens (tertiary/aromatic N) is 2. The minimum absolute atomic E-state index is 0.244. The molecule has 2 atom stereocenters. The molecule has 2 aromatic rings. The lowest BCUT2D eigenvalue weighted by molar-refractivity contribution is -0.118. The van der Waals surface area contributed by atoms with Gasteiger partial charge in [0.1, 0.15) is 24.3 Å². The normalized spacial score (nSPS) is 20.0. The van der Waals surface area contributed by atoms with Gasteiger partial charge in [-0.05, 0) is 61.6 Å². The van der Waals surface area contributed by atoms with Gasteiger partial charge in [-0.2, -0.15) is 0 Å². The Kier molecular flexibility index (Phi) is 6.41. The summed E-state index contributed by atoms with van der Waals surface area (Å²) in [4.78, 5) is 29.7. The van der Waals surface area contributed by atoms with Crippen LogP contribution in [0.25, 0.3) is 0 Å². The summed E-state index contributed by atoms with van der Waals surface area (Å²) in [6.07, 6.45) is 1.83. The number of carbonyl (C=O) groups is 2. The molecule has 1 saturated heterocycles. The summed E-state index contributed by atoms with van der Waals surface area (Å²) >= 11 is 6.29. The fourth-order valence-corrected chi connectivity index (χ4v) is 4.30. The van der Waals surface area contributed by atoms with Crippen molar-refractivity contribution in [3.63, 3.8) is 0 Å². The average Bonchev–Trinajstić information content (AvgIpc) is 3.33. The maximum atomic E-state index is 12.4. The summed E-state index contributed by atoms with van der Waals surface area (Å²) in [5, 5.41) is 15.8. The van der Waals surface area contributed by atoms with Crippen molar-refractivity contribution >= 4 is 35.2 Å². The number of halogens is 1. The first kappa shape index (κ1) is 21.5. The Hall–Kier alpha value is -2.68. The molecule has 8 nitrogen and oxygen atoms in total. The Morgan fingerprint density at radius 2 is 2.16 bits per heavy atom. The summed E-state index contributed by atoms with van der Waals surface area (Å²) in [5.74, 6) is 0.158. The second kappa shape index (κ2) is 9.21. The van der Waals surface area contributed by atoms with Crippen LogP contribution in [0.15, 0.2) is 30.3 Å². The number of aryl methyl sites for hydroxylation is 1. The highest BCUT2D eigenvalue weighted by Gasteiger charge is 2.33. The van der Waals surface area contributed by atoms with E-state index in [-0.39, 0.29) is 6.10 Å².